The number of nitrogens with zero attached hydrogens (tertiary/aromatic N) is 5. The molecule has 0 aliphatic carbocycles. The zero-order valence-electron chi connectivity index (χ0n) is 12.4. The maximum absolute atomic E-state index is 6.09. The van der Waals surface area contributed by atoms with Crippen LogP contribution in [0.3, 0.4) is 0 Å². The van der Waals surface area contributed by atoms with Crippen LogP contribution in [0.4, 0.5) is 0 Å². The van der Waals surface area contributed by atoms with E-state index in [2.05, 4.69) is 33.5 Å². The van der Waals surface area contributed by atoms with Crippen LogP contribution in [0, 0.1) is 0 Å². The minimum atomic E-state index is 0.323. The molecule has 112 valence electrons. The lowest BCUT2D eigenvalue weighted by Crippen LogP contribution is -2.11. The van der Waals surface area contributed by atoms with Gasteiger partial charge in [0.1, 0.15) is 11.3 Å². The molecule has 0 aliphatic rings. The molecular weight excluding hydrogens is 306 g/mol. The number of aromatic nitrogens is 5. The summed E-state index contributed by atoms with van der Waals surface area (Å²) < 4.78 is 4.09. The van der Waals surface area contributed by atoms with Crippen LogP contribution in [0.25, 0.3) is 11.2 Å². The molecule has 1 unspecified atom stereocenters. The maximum Gasteiger partial charge on any atom is 0.158 e. The number of aryl methyl sites for hydroxylation is 2. The molecule has 0 saturated carbocycles. The predicted octanol–water partition coefficient (Wildman–Crippen LogP) is 3.33. The molecule has 0 N–H and O–H groups in total. The highest BCUT2D eigenvalue weighted by Gasteiger charge is 2.20. The van der Waals surface area contributed by atoms with Gasteiger partial charge in [-0.2, -0.15) is 5.10 Å². The molecule has 0 aliphatic heterocycles. The van der Waals surface area contributed by atoms with E-state index in [0.29, 0.717) is 11.8 Å². The highest BCUT2D eigenvalue weighted by molar-refractivity contribution is 7.09. The van der Waals surface area contributed by atoms with Crippen molar-refractivity contribution < 1.29 is 0 Å². The van der Waals surface area contributed by atoms with Crippen LogP contribution in [0.5, 0.6) is 0 Å². The largest absolute Gasteiger partial charge is 0.311 e. The van der Waals surface area contributed by atoms with E-state index in [1.165, 1.54) is 0 Å². The van der Waals surface area contributed by atoms with Crippen molar-refractivity contribution in [3.63, 3.8) is 0 Å². The van der Waals surface area contributed by atoms with Gasteiger partial charge >= 0.3 is 0 Å². The molecule has 0 aromatic carbocycles. The van der Waals surface area contributed by atoms with Crippen LogP contribution in [-0.4, -0.2) is 24.3 Å². The Labute approximate surface area is 132 Å². The Balaban J connectivity index is 2.06. The maximum atomic E-state index is 6.09. The topological polar surface area (TPSA) is 48.5 Å². The van der Waals surface area contributed by atoms with Crippen LogP contribution in [0.1, 0.15) is 36.3 Å². The summed E-state index contributed by atoms with van der Waals surface area (Å²) in [7, 11) is 1.96. The Morgan fingerprint density at radius 2 is 2.24 bits per heavy atom. The summed E-state index contributed by atoms with van der Waals surface area (Å²) in [5.41, 5.74) is 3.05. The molecule has 0 bridgehead atoms. The molecular formula is C14H18ClN5S. The van der Waals surface area contributed by atoms with E-state index in [1.54, 1.807) is 11.3 Å². The monoisotopic (exact) mass is 323 g/mol. The number of fused-ring (bicyclic) bond motifs is 1. The number of rotatable bonds is 5. The lowest BCUT2D eigenvalue weighted by molar-refractivity contribution is 0.576. The van der Waals surface area contributed by atoms with Gasteiger partial charge in [-0.25, -0.2) is 9.97 Å². The number of imidazole rings is 1. The highest BCUT2D eigenvalue weighted by Crippen LogP contribution is 2.26. The average Bonchev–Trinajstić information content (AvgIpc) is 3.17. The number of hydrogen-bond acceptors (Lipinski definition) is 4. The number of hydrogen-bond donors (Lipinski definition) is 0. The molecule has 7 heteroatoms. The van der Waals surface area contributed by atoms with E-state index in [9.17, 15) is 0 Å². The van der Waals surface area contributed by atoms with Crippen molar-refractivity contribution in [2.45, 2.75) is 38.6 Å². The average molecular weight is 324 g/mol. The third-order valence-corrected chi connectivity index (χ3v) is 4.90. The van der Waals surface area contributed by atoms with Crippen LogP contribution in [0.2, 0.25) is 0 Å². The summed E-state index contributed by atoms with van der Waals surface area (Å²) in [6, 6.07) is 0. The molecule has 3 aromatic rings. The van der Waals surface area contributed by atoms with Crippen LogP contribution in [-0.2, 0) is 25.9 Å². The first-order valence-electron chi connectivity index (χ1n) is 7.02. The second kappa shape index (κ2) is 5.77. The van der Waals surface area contributed by atoms with Crippen molar-refractivity contribution in [3.05, 3.63) is 28.1 Å². The van der Waals surface area contributed by atoms with Crippen molar-refractivity contribution >= 4 is 34.1 Å². The minimum absolute atomic E-state index is 0.323. The van der Waals surface area contributed by atoms with Crippen molar-refractivity contribution in [2.24, 2.45) is 7.05 Å². The zero-order chi connectivity index (χ0) is 15.0. The second-order valence-corrected chi connectivity index (χ2v) is 6.33. The SMILES string of the molecule is CCc1nn(C)c2c1nc(CCl)n2CC(C)c1nccs1. The fraction of sp³-hybridized carbons (Fsp3) is 0.500. The Hall–Kier alpha value is -1.40. The summed E-state index contributed by atoms with van der Waals surface area (Å²) in [6.45, 7) is 5.09. The molecule has 0 spiro atoms. The van der Waals surface area contributed by atoms with Gasteiger partial charge in [0.2, 0.25) is 0 Å². The van der Waals surface area contributed by atoms with Gasteiger partial charge in [-0.05, 0) is 6.42 Å². The Morgan fingerprint density at radius 3 is 2.86 bits per heavy atom. The first kappa shape index (κ1) is 14.5. The van der Waals surface area contributed by atoms with Gasteiger partial charge in [0.25, 0.3) is 0 Å². The lowest BCUT2D eigenvalue weighted by atomic mass is 10.2. The first-order chi connectivity index (χ1) is 10.2. The molecule has 3 heterocycles. The summed E-state index contributed by atoms with van der Waals surface area (Å²) in [4.78, 5) is 9.09. The standard InChI is InChI=1S/C14H18ClN5S/c1-4-10-12-14(19(3)18-10)20(11(7-15)17-12)8-9(2)13-16-5-6-21-13/h5-6,9H,4,7-8H2,1-3H3. The van der Waals surface area contributed by atoms with Crippen molar-refractivity contribution in [3.8, 4) is 0 Å². The zero-order valence-corrected chi connectivity index (χ0v) is 13.9. The number of alkyl halides is 1. The van der Waals surface area contributed by atoms with Gasteiger partial charge in [0, 0.05) is 31.1 Å². The Morgan fingerprint density at radius 1 is 1.43 bits per heavy atom. The van der Waals surface area contributed by atoms with Crippen molar-refractivity contribution in [1.29, 1.82) is 0 Å². The Bertz CT molecular complexity index is 743. The second-order valence-electron chi connectivity index (χ2n) is 5.14. The smallest absolute Gasteiger partial charge is 0.158 e. The van der Waals surface area contributed by atoms with Gasteiger partial charge in [0.15, 0.2) is 5.65 Å². The summed E-state index contributed by atoms with van der Waals surface area (Å²) in [5.74, 6) is 1.63. The quantitative estimate of drug-likeness (QED) is 0.677. The summed E-state index contributed by atoms with van der Waals surface area (Å²) >= 11 is 7.78. The molecule has 0 saturated heterocycles. The third-order valence-electron chi connectivity index (χ3n) is 3.65. The molecule has 0 radical (unpaired) electrons. The fourth-order valence-corrected chi connectivity index (χ4v) is 3.54. The lowest BCUT2D eigenvalue weighted by Gasteiger charge is -2.12. The van der Waals surface area contributed by atoms with Gasteiger partial charge in [-0.3, -0.25) is 4.68 Å². The normalized spacial score (nSPS) is 13.1. The molecule has 5 nitrogen and oxygen atoms in total. The fourth-order valence-electron chi connectivity index (χ4n) is 2.65. The predicted molar refractivity (Wildman–Crippen MR) is 86.0 cm³/mol. The third kappa shape index (κ3) is 2.46. The van der Waals surface area contributed by atoms with E-state index >= 15 is 0 Å². The minimum Gasteiger partial charge on any atom is -0.311 e. The van der Waals surface area contributed by atoms with Crippen LogP contribution in [0.15, 0.2) is 11.6 Å². The van der Waals surface area contributed by atoms with E-state index in [1.807, 2.05) is 23.3 Å². The van der Waals surface area contributed by atoms with Crippen LogP contribution >= 0.6 is 22.9 Å². The van der Waals surface area contributed by atoms with E-state index in [0.717, 1.165) is 40.7 Å². The van der Waals surface area contributed by atoms with Gasteiger partial charge in [-0.1, -0.05) is 13.8 Å². The van der Waals surface area contributed by atoms with E-state index in [-0.39, 0.29) is 0 Å². The Kier molecular flexibility index (Phi) is 3.99. The number of thiazole rings is 1. The first-order valence-corrected chi connectivity index (χ1v) is 8.43. The van der Waals surface area contributed by atoms with Gasteiger partial charge in [-0.15, -0.1) is 22.9 Å². The van der Waals surface area contributed by atoms with Gasteiger partial charge in [0.05, 0.1) is 16.6 Å². The molecule has 0 fully saturated rings. The number of halogens is 1. The van der Waals surface area contributed by atoms with Crippen molar-refractivity contribution in [2.75, 3.05) is 0 Å². The van der Waals surface area contributed by atoms with Crippen LogP contribution < -0.4 is 0 Å². The molecule has 0 amide bonds. The van der Waals surface area contributed by atoms with Crippen molar-refractivity contribution in [1.82, 2.24) is 24.3 Å². The highest BCUT2D eigenvalue weighted by atomic mass is 35.5. The molecule has 3 rings (SSSR count). The van der Waals surface area contributed by atoms with E-state index < -0.39 is 0 Å². The molecule has 21 heavy (non-hydrogen) atoms. The summed E-state index contributed by atoms with van der Waals surface area (Å²) in [6.07, 6.45) is 2.72. The molecule has 1 atom stereocenters. The van der Waals surface area contributed by atoms with E-state index in [4.69, 9.17) is 11.6 Å². The van der Waals surface area contributed by atoms with Gasteiger partial charge < -0.3 is 4.57 Å². The summed E-state index contributed by atoms with van der Waals surface area (Å²) in [5, 5.41) is 7.70. The molecule has 3 aromatic heterocycles.